The first-order valence-electron chi connectivity index (χ1n) is 8.87. The Labute approximate surface area is 150 Å². The van der Waals surface area contributed by atoms with E-state index in [1.807, 2.05) is 31.2 Å². The van der Waals surface area contributed by atoms with Gasteiger partial charge in [-0.25, -0.2) is 0 Å². The Morgan fingerprint density at radius 2 is 1.88 bits per heavy atom. The summed E-state index contributed by atoms with van der Waals surface area (Å²) in [5, 5.41) is 8.94. The van der Waals surface area contributed by atoms with Crippen molar-refractivity contribution in [2.45, 2.75) is 19.9 Å². The van der Waals surface area contributed by atoms with Gasteiger partial charge in [0.2, 0.25) is 0 Å². The largest absolute Gasteiger partial charge is 0.380 e. The van der Waals surface area contributed by atoms with Crippen LogP contribution < -0.4 is 4.90 Å². The summed E-state index contributed by atoms with van der Waals surface area (Å²) in [7, 11) is 2.07. The van der Waals surface area contributed by atoms with Gasteiger partial charge < -0.3 is 9.64 Å². The molecule has 2 aromatic rings. The summed E-state index contributed by atoms with van der Waals surface area (Å²) in [5.41, 5.74) is 5.80. The Kier molecular flexibility index (Phi) is 5.70. The number of fused-ring (bicyclic) bond motifs is 1. The van der Waals surface area contributed by atoms with Crippen molar-refractivity contribution in [3.8, 4) is 6.07 Å². The SMILES string of the molecule is CCOCCN1CCc2ccc(N(C)c3ccc(C#N)cc3)cc2C1. The van der Waals surface area contributed by atoms with E-state index in [0.29, 0.717) is 5.56 Å². The van der Waals surface area contributed by atoms with Gasteiger partial charge in [0.15, 0.2) is 0 Å². The molecule has 2 aromatic carbocycles. The van der Waals surface area contributed by atoms with E-state index in [0.717, 1.165) is 45.0 Å². The highest BCUT2D eigenvalue weighted by Gasteiger charge is 2.17. The van der Waals surface area contributed by atoms with Crippen molar-refractivity contribution in [2.75, 3.05) is 38.3 Å². The van der Waals surface area contributed by atoms with Gasteiger partial charge in [-0.1, -0.05) is 6.07 Å². The summed E-state index contributed by atoms with van der Waals surface area (Å²) in [6.45, 7) is 6.70. The van der Waals surface area contributed by atoms with Crippen LogP contribution in [-0.2, 0) is 17.7 Å². The Morgan fingerprint density at radius 1 is 1.12 bits per heavy atom. The maximum absolute atomic E-state index is 8.94. The Bertz CT molecular complexity index is 749. The van der Waals surface area contributed by atoms with Crippen LogP contribution in [0.3, 0.4) is 0 Å². The van der Waals surface area contributed by atoms with Crippen molar-refractivity contribution in [3.05, 3.63) is 59.2 Å². The van der Waals surface area contributed by atoms with Crippen molar-refractivity contribution in [1.82, 2.24) is 4.90 Å². The Balaban J connectivity index is 1.73. The summed E-state index contributed by atoms with van der Waals surface area (Å²) in [6.07, 6.45) is 1.10. The number of anilines is 2. The molecular weight excluding hydrogens is 310 g/mol. The van der Waals surface area contributed by atoms with E-state index in [2.05, 4.69) is 41.1 Å². The van der Waals surface area contributed by atoms with Gasteiger partial charge in [-0.15, -0.1) is 0 Å². The van der Waals surface area contributed by atoms with E-state index in [9.17, 15) is 0 Å². The molecule has 25 heavy (non-hydrogen) atoms. The molecular formula is C21H25N3O. The molecule has 0 saturated carbocycles. The van der Waals surface area contributed by atoms with Gasteiger partial charge in [-0.3, -0.25) is 4.90 Å². The van der Waals surface area contributed by atoms with E-state index < -0.39 is 0 Å². The molecule has 1 aliphatic heterocycles. The Hall–Kier alpha value is -2.35. The van der Waals surface area contributed by atoms with Crippen LogP contribution in [0.4, 0.5) is 11.4 Å². The fourth-order valence-electron chi connectivity index (χ4n) is 3.25. The Morgan fingerprint density at radius 3 is 2.60 bits per heavy atom. The summed E-state index contributed by atoms with van der Waals surface area (Å²) in [5.74, 6) is 0. The summed E-state index contributed by atoms with van der Waals surface area (Å²) >= 11 is 0. The molecule has 0 saturated heterocycles. The van der Waals surface area contributed by atoms with E-state index >= 15 is 0 Å². The number of ether oxygens (including phenoxy) is 1. The van der Waals surface area contributed by atoms with Gasteiger partial charge in [-0.05, 0) is 60.9 Å². The van der Waals surface area contributed by atoms with E-state index in [-0.39, 0.29) is 0 Å². The average Bonchev–Trinajstić information content (AvgIpc) is 2.67. The molecule has 3 rings (SSSR count). The molecule has 0 bridgehead atoms. The third-order valence-corrected chi connectivity index (χ3v) is 4.81. The predicted octanol–water partition coefficient (Wildman–Crippen LogP) is 3.72. The smallest absolute Gasteiger partial charge is 0.0991 e. The number of hydrogen-bond acceptors (Lipinski definition) is 4. The van der Waals surface area contributed by atoms with Crippen LogP contribution >= 0.6 is 0 Å². The topological polar surface area (TPSA) is 39.5 Å². The molecule has 1 heterocycles. The minimum absolute atomic E-state index is 0.688. The maximum atomic E-state index is 8.94. The number of rotatable bonds is 6. The fraction of sp³-hybridized carbons (Fsp3) is 0.381. The third-order valence-electron chi connectivity index (χ3n) is 4.81. The minimum atomic E-state index is 0.688. The van der Waals surface area contributed by atoms with Gasteiger partial charge in [0.25, 0.3) is 0 Å². The van der Waals surface area contributed by atoms with Crippen LogP contribution in [0, 0.1) is 11.3 Å². The third kappa shape index (κ3) is 4.19. The average molecular weight is 335 g/mol. The zero-order valence-electron chi connectivity index (χ0n) is 15.0. The fourth-order valence-corrected chi connectivity index (χ4v) is 3.25. The summed E-state index contributed by atoms with van der Waals surface area (Å²) < 4.78 is 5.49. The van der Waals surface area contributed by atoms with Crippen LogP contribution in [-0.4, -0.2) is 38.3 Å². The molecule has 0 aromatic heterocycles. The molecule has 0 atom stereocenters. The van der Waals surface area contributed by atoms with Crippen molar-refractivity contribution in [1.29, 1.82) is 5.26 Å². The lowest BCUT2D eigenvalue weighted by molar-refractivity contribution is 0.108. The molecule has 0 aliphatic carbocycles. The summed E-state index contributed by atoms with van der Waals surface area (Å²) in [4.78, 5) is 4.63. The van der Waals surface area contributed by atoms with Gasteiger partial charge in [0.05, 0.1) is 18.2 Å². The lowest BCUT2D eigenvalue weighted by Gasteiger charge is -2.30. The zero-order chi connectivity index (χ0) is 17.6. The van der Waals surface area contributed by atoms with Gasteiger partial charge in [0.1, 0.15) is 0 Å². The van der Waals surface area contributed by atoms with Crippen molar-refractivity contribution < 1.29 is 4.74 Å². The maximum Gasteiger partial charge on any atom is 0.0991 e. The first-order valence-corrected chi connectivity index (χ1v) is 8.87. The van der Waals surface area contributed by atoms with E-state index in [4.69, 9.17) is 10.00 Å². The van der Waals surface area contributed by atoms with Crippen LogP contribution in [0.25, 0.3) is 0 Å². The second kappa shape index (κ2) is 8.15. The number of nitriles is 1. The molecule has 4 nitrogen and oxygen atoms in total. The number of benzene rings is 2. The molecule has 0 spiro atoms. The molecule has 0 amide bonds. The number of hydrogen-bond donors (Lipinski definition) is 0. The lowest BCUT2D eigenvalue weighted by Crippen LogP contribution is -2.33. The molecule has 1 aliphatic rings. The van der Waals surface area contributed by atoms with Crippen molar-refractivity contribution in [3.63, 3.8) is 0 Å². The molecule has 4 heteroatoms. The van der Waals surface area contributed by atoms with Gasteiger partial charge in [-0.2, -0.15) is 5.26 Å². The highest BCUT2D eigenvalue weighted by molar-refractivity contribution is 5.64. The summed E-state index contributed by atoms with van der Waals surface area (Å²) in [6, 6.07) is 16.6. The van der Waals surface area contributed by atoms with Crippen molar-refractivity contribution in [2.24, 2.45) is 0 Å². The van der Waals surface area contributed by atoms with Crippen molar-refractivity contribution >= 4 is 11.4 Å². The zero-order valence-corrected chi connectivity index (χ0v) is 15.0. The number of nitrogens with zero attached hydrogens (tertiary/aromatic N) is 3. The first kappa shape index (κ1) is 17.5. The molecule has 0 fully saturated rings. The second-order valence-electron chi connectivity index (χ2n) is 6.39. The molecule has 0 radical (unpaired) electrons. The normalized spacial score (nSPS) is 14.0. The second-order valence-corrected chi connectivity index (χ2v) is 6.39. The quantitative estimate of drug-likeness (QED) is 0.754. The van der Waals surface area contributed by atoms with Gasteiger partial charge in [0, 0.05) is 44.7 Å². The van der Waals surface area contributed by atoms with Crippen LogP contribution in [0.2, 0.25) is 0 Å². The highest BCUT2D eigenvalue weighted by atomic mass is 16.5. The molecule has 0 unspecified atom stereocenters. The standard InChI is InChI=1S/C21H25N3O/c1-3-25-13-12-24-11-10-18-6-9-21(14-19(18)16-24)23(2)20-7-4-17(15-22)5-8-20/h4-9,14H,3,10-13,16H2,1-2H3. The predicted molar refractivity (Wildman–Crippen MR) is 101 cm³/mol. The molecule has 0 N–H and O–H groups in total. The monoisotopic (exact) mass is 335 g/mol. The van der Waals surface area contributed by atoms with Gasteiger partial charge >= 0.3 is 0 Å². The molecule has 130 valence electrons. The van der Waals surface area contributed by atoms with E-state index in [1.165, 1.54) is 16.8 Å². The van der Waals surface area contributed by atoms with Crippen LogP contribution in [0.5, 0.6) is 0 Å². The lowest BCUT2D eigenvalue weighted by atomic mass is 9.98. The van der Waals surface area contributed by atoms with E-state index in [1.54, 1.807) is 0 Å². The first-order chi connectivity index (χ1) is 12.2. The van der Waals surface area contributed by atoms with Crippen LogP contribution in [0.15, 0.2) is 42.5 Å². The minimum Gasteiger partial charge on any atom is -0.380 e. The highest BCUT2D eigenvalue weighted by Crippen LogP contribution is 2.28. The van der Waals surface area contributed by atoms with Crippen LogP contribution in [0.1, 0.15) is 23.6 Å².